The van der Waals surface area contributed by atoms with E-state index in [1.54, 1.807) is 7.11 Å². The molecule has 1 aromatic carbocycles. The van der Waals surface area contributed by atoms with Crippen molar-refractivity contribution in [3.63, 3.8) is 0 Å². The van der Waals surface area contributed by atoms with Crippen LogP contribution in [0.3, 0.4) is 0 Å². The Morgan fingerprint density at radius 1 is 1.34 bits per heavy atom. The van der Waals surface area contributed by atoms with E-state index in [0.29, 0.717) is 24.1 Å². The van der Waals surface area contributed by atoms with Gasteiger partial charge in [-0.15, -0.1) is 0 Å². The summed E-state index contributed by atoms with van der Waals surface area (Å²) in [5, 5.41) is 7.32. The zero-order chi connectivity index (χ0) is 20.4. The van der Waals surface area contributed by atoms with Crippen LogP contribution in [0.5, 0.6) is 5.75 Å². The van der Waals surface area contributed by atoms with Crippen LogP contribution in [0.15, 0.2) is 29.3 Å². The van der Waals surface area contributed by atoms with Gasteiger partial charge in [-0.2, -0.15) is 0 Å². The fourth-order valence-electron chi connectivity index (χ4n) is 5.51. The molecule has 2 heterocycles. The van der Waals surface area contributed by atoms with Crippen LogP contribution in [0, 0.1) is 11.3 Å². The van der Waals surface area contributed by atoms with E-state index in [0.717, 1.165) is 44.4 Å². The first-order chi connectivity index (χ1) is 14.0. The molecule has 6 nitrogen and oxygen atoms in total. The second-order valence-electron chi connectivity index (χ2n) is 9.18. The van der Waals surface area contributed by atoms with Gasteiger partial charge in [0.25, 0.3) is 0 Å². The summed E-state index contributed by atoms with van der Waals surface area (Å²) in [5.41, 5.74) is 1.43. The molecule has 4 rings (SSSR count). The summed E-state index contributed by atoms with van der Waals surface area (Å²) in [6.45, 7) is 8.60. The van der Waals surface area contributed by atoms with Gasteiger partial charge in [-0.3, -0.25) is 9.89 Å². The highest BCUT2D eigenvalue weighted by molar-refractivity contribution is 5.80. The van der Waals surface area contributed by atoms with Gasteiger partial charge in [0.1, 0.15) is 5.75 Å². The number of ether oxygens (including phenoxy) is 2. The lowest BCUT2D eigenvalue weighted by atomic mass is 9.57. The monoisotopic (exact) mass is 400 g/mol. The number of nitrogens with zero attached hydrogens (tertiary/aromatic N) is 2. The third-order valence-electron chi connectivity index (χ3n) is 7.14. The number of nitrogens with one attached hydrogen (secondary N) is 2. The van der Waals surface area contributed by atoms with Crippen molar-refractivity contribution in [1.29, 1.82) is 0 Å². The molecule has 160 valence electrons. The number of guanidine groups is 1. The van der Waals surface area contributed by atoms with Crippen molar-refractivity contribution in [2.24, 2.45) is 16.3 Å². The molecule has 0 radical (unpaired) electrons. The molecule has 1 aromatic rings. The molecule has 2 aliphatic heterocycles. The Kier molecular flexibility index (Phi) is 6.02. The van der Waals surface area contributed by atoms with Crippen molar-refractivity contribution in [1.82, 2.24) is 15.5 Å². The SMILES string of the molecule is CN=C(NCC(c1cccc(OC)c1)N1CCCC1)NC1C2CCOC2C1(C)C. The number of aliphatic imine (C=N–C) groups is 1. The Bertz CT molecular complexity index is 729. The lowest BCUT2D eigenvalue weighted by Crippen LogP contribution is -2.68. The largest absolute Gasteiger partial charge is 0.497 e. The van der Waals surface area contributed by atoms with Crippen LogP contribution < -0.4 is 15.4 Å². The number of hydrogen-bond acceptors (Lipinski definition) is 4. The summed E-state index contributed by atoms with van der Waals surface area (Å²) < 4.78 is 11.4. The molecular formula is C23H36N4O2. The number of hydrogen-bond donors (Lipinski definition) is 2. The van der Waals surface area contributed by atoms with E-state index in [1.165, 1.54) is 18.4 Å². The highest BCUT2D eigenvalue weighted by atomic mass is 16.5. The molecule has 2 N–H and O–H groups in total. The van der Waals surface area contributed by atoms with Gasteiger partial charge in [-0.05, 0) is 50.0 Å². The normalized spacial score (nSPS) is 29.8. The quantitative estimate of drug-likeness (QED) is 0.568. The maximum absolute atomic E-state index is 5.94. The zero-order valence-electron chi connectivity index (χ0n) is 18.3. The zero-order valence-corrected chi connectivity index (χ0v) is 18.3. The maximum atomic E-state index is 5.94. The summed E-state index contributed by atoms with van der Waals surface area (Å²) in [6.07, 6.45) is 4.06. The number of fused-ring (bicyclic) bond motifs is 1. The fourth-order valence-corrected chi connectivity index (χ4v) is 5.51. The predicted molar refractivity (Wildman–Crippen MR) is 116 cm³/mol. The van der Waals surface area contributed by atoms with Gasteiger partial charge in [-0.25, -0.2) is 0 Å². The van der Waals surface area contributed by atoms with E-state index < -0.39 is 0 Å². The first-order valence-corrected chi connectivity index (χ1v) is 11.0. The van der Waals surface area contributed by atoms with E-state index in [9.17, 15) is 0 Å². The Labute approximate surface area is 175 Å². The Hall–Kier alpha value is -1.79. The molecule has 29 heavy (non-hydrogen) atoms. The number of likely N-dealkylation sites (tertiary alicyclic amines) is 1. The lowest BCUT2D eigenvalue weighted by Gasteiger charge is -2.55. The first kappa shape index (κ1) is 20.5. The fraction of sp³-hybridized carbons (Fsp3) is 0.696. The van der Waals surface area contributed by atoms with Gasteiger partial charge in [0.2, 0.25) is 0 Å². The molecule has 4 atom stereocenters. The summed E-state index contributed by atoms with van der Waals surface area (Å²) in [4.78, 5) is 7.10. The van der Waals surface area contributed by atoms with Gasteiger partial charge in [-0.1, -0.05) is 26.0 Å². The highest BCUT2D eigenvalue weighted by Crippen LogP contribution is 2.52. The maximum Gasteiger partial charge on any atom is 0.191 e. The van der Waals surface area contributed by atoms with Crippen molar-refractivity contribution in [2.75, 3.05) is 40.4 Å². The van der Waals surface area contributed by atoms with Gasteiger partial charge < -0.3 is 20.1 Å². The van der Waals surface area contributed by atoms with Crippen LogP contribution in [0.1, 0.15) is 44.7 Å². The molecule has 0 aromatic heterocycles. The van der Waals surface area contributed by atoms with Gasteiger partial charge >= 0.3 is 0 Å². The van der Waals surface area contributed by atoms with E-state index in [2.05, 4.69) is 52.6 Å². The van der Waals surface area contributed by atoms with Gasteiger partial charge in [0, 0.05) is 37.6 Å². The highest BCUT2D eigenvalue weighted by Gasteiger charge is 2.59. The van der Waals surface area contributed by atoms with Crippen LogP contribution in [-0.2, 0) is 4.74 Å². The predicted octanol–water partition coefficient (Wildman–Crippen LogP) is 2.81. The van der Waals surface area contributed by atoms with Crippen LogP contribution in [0.25, 0.3) is 0 Å². The molecule has 3 aliphatic rings. The molecule has 1 aliphatic carbocycles. The summed E-state index contributed by atoms with van der Waals surface area (Å²) in [6, 6.07) is 9.18. The van der Waals surface area contributed by atoms with Crippen LogP contribution in [0.4, 0.5) is 0 Å². The molecule has 4 unspecified atom stereocenters. The molecule has 2 saturated heterocycles. The third-order valence-corrected chi connectivity index (χ3v) is 7.14. The Morgan fingerprint density at radius 3 is 2.86 bits per heavy atom. The molecule has 3 fully saturated rings. The Morgan fingerprint density at radius 2 is 2.14 bits per heavy atom. The topological polar surface area (TPSA) is 58.1 Å². The van der Waals surface area contributed by atoms with E-state index >= 15 is 0 Å². The summed E-state index contributed by atoms with van der Waals surface area (Å²) in [7, 11) is 3.59. The lowest BCUT2D eigenvalue weighted by molar-refractivity contribution is -0.106. The van der Waals surface area contributed by atoms with E-state index in [-0.39, 0.29) is 5.41 Å². The minimum Gasteiger partial charge on any atom is -0.497 e. The number of methoxy groups -OCH3 is 1. The molecular weight excluding hydrogens is 364 g/mol. The molecule has 1 saturated carbocycles. The van der Waals surface area contributed by atoms with Crippen molar-refractivity contribution in [3.8, 4) is 5.75 Å². The second kappa shape index (κ2) is 8.52. The van der Waals surface area contributed by atoms with E-state index in [4.69, 9.17) is 9.47 Å². The van der Waals surface area contributed by atoms with Crippen LogP contribution in [0.2, 0.25) is 0 Å². The van der Waals surface area contributed by atoms with E-state index in [1.807, 2.05) is 13.1 Å². The average Bonchev–Trinajstić information content (AvgIpc) is 3.42. The third kappa shape index (κ3) is 3.97. The molecule has 6 heteroatoms. The van der Waals surface area contributed by atoms with Crippen molar-refractivity contribution < 1.29 is 9.47 Å². The first-order valence-electron chi connectivity index (χ1n) is 11.0. The summed E-state index contributed by atoms with van der Waals surface area (Å²) in [5.74, 6) is 2.40. The number of rotatable bonds is 6. The van der Waals surface area contributed by atoms with Crippen LogP contribution in [-0.4, -0.2) is 63.4 Å². The standard InChI is InChI=1S/C23H36N4O2/c1-23(2)20(18-10-13-29-21(18)23)26-22(24-3)25-15-19(27-11-5-6-12-27)16-8-7-9-17(14-16)28-4/h7-9,14,18-21H,5-6,10-13,15H2,1-4H3,(H2,24,25,26). The van der Waals surface area contributed by atoms with Crippen molar-refractivity contribution in [3.05, 3.63) is 29.8 Å². The summed E-state index contributed by atoms with van der Waals surface area (Å²) >= 11 is 0. The van der Waals surface area contributed by atoms with Gasteiger partial charge in [0.05, 0.1) is 19.3 Å². The minimum absolute atomic E-state index is 0.139. The van der Waals surface area contributed by atoms with Gasteiger partial charge in [0.15, 0.2) is 5.96 Å². The van der Waals surface area contributed by atoms with Crippen molar-refractivity contribution in [2.45, 2.75) is 51.3 Å². The molecule has 0 bridgehead atoms. The van der Waals surface area contributed by atoms with Crippen molar-refractivity contribution >= 4 is 5.96 Å². The second-order valence-corrected chi connectivity index (χ2v) is 9.18. The van der Waals surface area contributed by atoms with Crippen LogP contribution >= 0.6 is 0 Å². The number of benzene rings is 1. The minimum atomic E-state index is 0.139. The molecule has 0 amide bonds. The Balaban J connectivity index is 1.43. The molecule has 0 spiro atoms. The smallest absolute Gasteiger partial charge is 0.191 e. The average molecular weight is 401 g/mol.